The van der Waals surface area contributed by atoms with E-state index in [1.54, 1.807) is 0 Å². The molecule has 136 valence electrons. The van der Waals surface area contributed by atoms with E-state index in [1.165, 1.54) is 13.8 Å². The summed E-state index contributed by atoms with van der Waals surface area (Å²) in [7, 11) is 0. The number of ether oxygens (including phenoxy) is 1. The molecule has 0 aromatic heterocycles. The van der Waals surface area contributed by atoms with Crippen molar-refractivity contribution in [3.63, 3.8) is 0 Å². The van der Waals surface area contributed by atoms with Crippen LogP contribution in [0.2, 0.25) is 0 Å². The van der Waals surface area contributed by atoms with Gasteiger partial charge in [0.15, 0.2) is 0 Å². The summed E-state index contributed by atoms with van der Waals surface area (Å²) >= 11 is 0. The Hall–Kier alpha value is -1.32. The Morgan fingerprint density at radius 3 is 1.57 bits per heavy atom. The molecule has 23 heavy (non-hydrogen) atoms. The van der Waals surface area contributed by atoms with Gasteiger partial charge in [-0.25, -0.2) is 9.18 Å². The van der Waals surface area contributed by atoms with Gasteiger partial charge in [0, 0.05) is 5.41 Å². The molecule has 0 aliphatic heterocycles. The largest absolute Gasteiger partial charge is 0.477 e. The highest BCUT2D eigenvalue weighted by molar-refractivity contribution is 5.76. The van der Waals surface area contributed by atoms with E-state index in [-0.39, 0.29) is 11.6 Å². The van der Waals surface area contributed by atoms with Crippen LogP contribution in [0.4, 0.5) is 30.7 Å². The molecule has 0 aromatic carbocycles. The van der Waals surface area contributed by atoms with Crippen molar-refractivity contribution < 1.29 is 45.4 Å². The number of alkyl halides is 7. The lowest BCUT2D eigenvalue weighted by Gasteiger charge is -2.42. The molecule has 1 N–H and O–H groups in total. The average Bonchev–Trinajstić information content (AvgIpc) is 2.23. The van der Waals surface area contributed by atoms with Crippen LogP contribution < -0.4 is 0 Å². The van der Waals surface area contributed by atoms with Gasteiger partial charge in [-0.3, -0.25) is 4.74 Å². The zero-order chi connectivity index (χ0) is 19.1. The smallest absolute Gasteiger partial charge is 0.460 e. The number of allylic oxidation sites excluding steroid dienone is 1. The third-order valence-electron chi connectivity index (χ3n) is 2.91. The van der Waals surface area contributed by atoms with E-state index in [2.05, 4.69) is 4.74 Å². The van der Waals surface area contributed by atoms with Gasteiger partial charge in [-0.15, -0.1) is 0 Å². The molecule has 3 nitrogen and oxygen atoms in total. The SMILES string of the molecule is CC(C)=CC(F)(C(C)(C)C)C(F)(F)OC(F)(C(=O)O)C(F)(F)F. The first-order chi connectivity index (χ1) is 9.82. The maximum atomic E-state index is 14.8. The zero-order valence-corrected chi connectivity index (χ0v) is 13.0. The third kappa shape index (κ3) is 3.96. The molecule has 0 radical (unpaired) electrons. The Morgan fingerprint density at radius 1 is 0.957 bits per heavy atom. The second-order valence-electron chi connectivity index (χ2n) is 6.20. The molecule has 0 aliphatic rings. The van der Waals surface area contributed by atoms with E-state index in [9.17, 15) is 35.5 Å². The fraction of sp³-hybridized carbons (Fsp3) is 0.769. The number of carboxylic acid groups (broad SMARTS) is 1. The second-order valence-corrected chi connectivity index (χ2v) is 6.20. The van der Waals surface area contributed by atoms with Gasteiger partial charge < -0.3 is 5.11 Å². The lowest BCUT2D eigenvalue weighted by Crippen LogP contribution is -2.61. The number of hydrogen-bond donors (Lipinski definition) is 1. The number of carbonyl (C=O) groups is 1. The lowest BCUT2D eigenvalue weighted by atomic mass is 9.76. The maximum absolute atomic E-state index is 14.8. The van der Waals surface area contributed by atoms with E-state index in [0.29, 0.717) is 0 Å². The second kappa shape index (κ2) is 5.95. The Kier molecular flexibility index (Phi) is 5.61. The van der Waals surface area contributed by atoms with Gasteiger partial charge in [-0.05, 0) is 19.9 Å². The number of aliphatic carboxylic acids is 1. The summed E-state index contributed by atoms with van der Waals surface area (Å²) in [5, 5.41) is 8.29. The quantitative estimate of drug-likeness (QED) is 0.578. The monoisotopic (exact) mass is 354 g/mol. The Labute approximate surface area is 128 Å². The highest BCUT2D eigenvalue weighted by atomic mass is 19.4. The van der Waals surface area contributed by atoms with Gasteiger partial charge in [-0.2, -0.15) is 26.3 Å². The zero-order valence-electron chi connectivity index (χ0n) is 13.0. The van der Waals surface area contributed by atoms with Crippen molar-refractivity contribution in [2.24, 2.45) is 5.41 Å². The highest BCUT2D eigenvalue weighted by Crippen LogP contribution is 2.51. The van der Waals surface area contributed by atoms with Crippen LogP contribution in [0.5, 0.6) is 0 Å². The summed E-state index contributed by atoms with van der Waals surface area (Å²) in [4.78, 5) is 10.5. The number of carboxylic acids is 1. The molecule has 0 saturated carbocycles. The first kappa shape index (κ1) is 21.7. The van der Waals surface area contributed by atoms with Crippen molar-refractivity contribution in [3.8, 4) is 0 Å². The van der Waals surface area contributed by atoms with Crippen molar-refractivity contribution in [2.75, 3.05) is 0 Å². The summed E-state index contributed by atoms with van der Waals surface area (Å²) in [5.41, 5.74) is -6.01. The Balaban J connectivity index is 6.22. The number of hydrogen-bond acceptors (Lipinski definition) is 2. The third-order valence-corrected chi connectivity index (χ3v) is 2.91. The molecule has 0 aliphatic carbocycles. The fourth-order valence-electron chi connectivity index (χ4n) is 1.61. The standard InChI is InChI=1S/C13H17F7O3/c1-7(2)6-10(14,9(3,4)5)13(19,20)23-11(15,8(21)22)12(16,17)18/h6H,1-5H3,(H,21,22). The first-order valence-corrected chi connectivity index (χ1v) is 6.24. The molecule has 0 saturated heterocycles. The highest BCUT2D eigenvalue weighted by Gasteiger charge is 2.73. The van der Waals surface area contributed by atoms with Crippen molar-refractivity contribution in [1.82, 2.24) is 0 Å². The van der Waals surface area contributed by atoms with Gasteiger partial charge >= 0.3 is 24.1 Å². The van der Waals surface area contributed by atoms with Gasteiger partial charge in [0.25, 0.3) is 0 Å². The van der Waals surface area contributed by atoms with Gasteiger partial charge in [0.05, 0.1) is 0 Å². The topological polar surface area (TPSA) is 46.5 Å². The average molecular weight is 354 g/mol. The van der Waals surface area contributed by atoms with Crippen LogP contribution in [0.25, 0.3) is 0 Å². The summed E-state index contributed by atoms with van der Waals surface area (Å²) < 4.78 is 96.9. The number of rotatable bonds is 5. The summed E-state index contributed by atoms with van der Waals surface area (Å²) in [6.07, 6.45) is -11.5. The van der Waals surface area contributed by atoms with Crippen LogP contribution in [0.1, 0.15) is 34.6 Å². The fourth-order valence-corrected chi connectivity index (χ4v) is 1.61. The summed E-state index contributed by atoms with van der Waals surface area (Å²) in [6.45, 7) is 5.10. The minimum atomic E-state index is -6.34. The molecule has 0 heterocycles. The van der Waals surface area contributed by atoms with E-state index in [1.807, 2.05) is 0 Å². The molecule has 0 spiro atoms. The van der Waals surface area contributed by atoms with Crippen LogP contribution >= 0.6 is 0 Å². The van der Waals surface area contributed by atoms with Crippen LogP contribution in [-0.2, 0) is 9.53 Å². The predicted molar refractivity (Wildman–Crippen MR) is 66.3 cm³/mol. The van der Waals surface area contributed by atoms with Crippen LogP contribution in [0.3, 0.4) is 0 Å². The molecule has 2 unspecified atom stereocenters. The molecule has 0 bridgehead atoms. The maximum Gasteiger partial charge on any atom is 0.460 e. The van der Waals surface area contributed by atoms with E-state index in [4.69, 9.17) is 5.11 Å². The molecule has 0 rings (SSSR count). The van der Waals surface area contributed by atoms with Crippen LogP contribution in [0.15, 0.2) is 11.6 Å². The van der Waals surface area contributed by atoms with Crippen molar-refractivity contribution in [2.45, 2.75) is 58.4 Å². The summed E-state index contributed by atoms with van der Waals surface area (Å²) in [5.74, 6) is -9.13. The lowest BCUT2D eigenvalue weighted by molar-refractivity contribution is -0.425. The van der Waals surface area contributed by atoms with E-state index >= 15 is 0 Å². The minimum absolute atomic E-state index is 0.0579. The number of halogens is 7. The van der Waals surface area contributed by atoms with Crippen LogP contribution in [0, 0.1) is 5.41 Å². The normalized spacial score (nSPS) is 18.8. The molecule has 2 atom stereocenters. The first-order valence-electron chi connectivity index (χ1n) is 6.24. The molecule has 0 aromatic rings. The minimum Gasteiger partial charge on any atom is -0.477 e. The van der Waals surface area contributed by atoms with Gasteiger partial charge in [0.2, 0.25) is 5.67 Å². The van der Waals surface area contributed by atoms with Gasteiger partial charge in [-0.1, -0.05) is 26.3 Å². The predicted octanol–water partition coefficient (Wildman–Crippen LogP) is 4.63. The molecule has 0 fully saturated rings. The Bertz CT molecular complexity index is 489. The summed E-state index contributed by atoms with van der Waals surface area (Å²) in [6, 6.07) is 0. The van der Waals surface area contributed by atoms with Crippen LogP contribution in [-0.4, -0.2) is 34.9 Å². The van der Waals surface area contributed by atoms with Gasteiger partial charge in [0.1, 0.15) is 0 Å². The molecule has 10 heteroatoms. The molecular formula is C13H17F7O3. The van der Waals surface area contributed by atoms with Crippen molar-refractivity contribution >= 4 is 5.97 Å². The molecule has 0 amide bonds. The molecular weight excluding hydrogens is 337 g/mol. The van der Waals surface area contributed by atoms with E-state index < -0.39 is 35.2 Å². The Morgan fingerprint density at radius 2 is 1.35 bits per heavy atom. The van der Waals surface area contributed by atoms with Crippen molar-refractivity contribution in [3.05, 3.63) is 11.6 Å². The van der Waals surface area contributed by atoms with Crippen molar-refractivity contribution in [1.29, 1.82) is 0 Å². The van der Waals surface area contributed by atoms with E-state index in [0.717, 1.165) is 20.8 Å².